The molecule has 0 N–H and O–H groups in total. The van der Waals surface area contributed by atoms with Gasteiger partial charge in [-0.15, -0.1) is 0 Å². The summed E-state index contributed by atoms with van der Waals surface area (Å²) in [5.74, 6) is -0.339. The number of hydrogen-bond donors (Lipinski definition) is 0. The van der Waals surface area contributed by atoms with Gasteiger partial charge in [0.15, 0.2) is 9.84 Å². The van der Waals surface area contributed by atoms with E-state index in [4.69, 9.17) is 16.6 Å². The number of halogens is 3. The van der Waals surface area contributed by atoms with Crippen molar-refractivity contribution in [2.75, 3.05) is 11.5 Å². The Morgan fingerprint density at radius 3 is 2.60 bits per heavy atom. The summed E-state index contributed by atoms with van der Waals surface area (Å²) in [6.45, 7) is 0. The fourth-order valence-electron chi connectivity index (χ4n) is 3.42. The molecule has 2 aliphatic heterocycles. The third kappa shape index (κ3) is 4.06. The fraction of sp³-hybridized carbons (Fsp3) is 0.263. The van der Waals surface area contributed by atoms with Crippen LogP contribution in [0, 0.1) is 0 Å². The second-order valence-electron chi connectivity index (χ2n) is 6.85. The molecule has 1 atom stereocenters. The fourth-order valence-corrected chi connectivity index (χ4v) is 6.50. The van der Waals surface area contributed by atoms with E-state index in [9.17, 15) is 26.4 Å². The molecule has 11 heteroatoms. The van der Waals surface area contributed by atoms with Crippen LogP contribution in [0.3, 0.4) is 0 Å². The summed E-state index contributed by atoms with van der Waals surface area (Å²) in [5.41, 5.74) is -0.923. The van der Waals surface area contributed by atoms with E-state index in [1.54, 1.807) is 0 Å². The van der Waals surface area contributed by atoms with Gasteiger partial charge in [0, 0.05) is 11.6 Å². The Hall–Kier alpha value is -2.11. The van der Waals surface area contributed by atoms with Crippen molar-refractivity contribution >= 4 is 50.1 Å². The van der Waals surface area contributed by atoms with Crippen LogP contribution in [0.25, 0.3) is 17.4 Å². The minimum absolute atomic E-state index is 0.00787. The van der Waals surface area contributed by atoms with Crippen molar-refractivity contribution in [2.24, 2.45) is 0 Å². The molecule has 1 unspecified atom stereocenters. The number of sulfone groups is 1. The molecule has 2 fully saturated rings. The Balaban J connectivity index is 1.60. The number of carbonyl (C=O) groups excluding carboxylic acids is 1. The highest BCUT2D eigenvalue weighted by atomic mass is 32.2. The van der Waals surface area contributed by atoms with Crippen LogP contribution >= 0.6 is 24.0 Å². The number of benzene rings is 1. The van der Waals surface area contributed by atoms with Crippen LogP contribution in [0.1, 0.15) is 17.7 Å². The van der Waals surface area contributed by atoms with Gasteiger partial charge in [0.25, 0.3) is 5.91 Å². The molecule has 3 heterocycles. The average molecular weight is 474 g/mol. The molecule has 2 aliphatic rings. The molecular formula is C19H14F3NO4S3. The predicted octanol–water partition coefficient (Wildman–Crippen LogP) is 4.35. The van der Waals surface area contributed by atoms with Crippen molar-refractivity contribution in [1.29, 1.82) is 0 Å². The number of furan rings is 1. The molecule has 0 bridgehead atoms. The normalized spacial score (nSPS) is 23.0. The summed E-state index contributed by atoms with van der Waals surface area (Å²) >= 11 is 6.25. The lowest BCUT2D eigenvalue weighted by Gasteiger charge is -2.20. The lowest BCUT2D eigenvalue weighted by molar-refractivity contribution is -0.137. The molecule has 0 radical (unpaired) electrons. The van der Waals surface area contributed by atoms with Gasteiger partial charge in [0.05, 0.1) is 28.0 Å². The maximum atomic E-state index is 13.2. The second kappa shape index (κ2) is 7.54. The zero-order valence-electron chi connectivity index (χ0n) is 15.2. The highest BCUT2D eigenvalue weighted by Gasteiger charge is 2.42. The van der Waals surface area contributed by atoms with E-state index < -0.39 is 33.5 Å². The van der Waals surface area contributed by atoms with E-state index in [1.165, 1.54) is 41.3 Å². The number of rotatable bonds is 3. The van der Waals surface area contributed by atoms with E-state index in [-0.39, 0.29) is 37.8 Å². The Morgan fingerprint density at radius 1 is 1.20 bits per heavy atom. The van der Waals surface area contributed by atoms with Crippen LogP contribution in [-0.4, -0.2) is 41.1 Å². The lowest BCUT2D eigenvalue weighted by atomic mass is 10.1. The summed E-state index contributed by atoms with van der Waals surface area (Å²) in [5, 5.41) is 0. The minimum atomic E-state index is -4.53. The number of hydrogen-bond acceptors (Lipinski definition) is 6. The van der Waals surface area contributed by atoms with E-state index in [1.807, 2.05) is 0 Å². The van der Waals surface area contributed by atoms with Crippen molar-refractivity contribution in [1.82, 2.24) is 4.90 Å². The third-order valence-electron chi connectivity index (χ3n) is 4.80. The monoisotopic (exact) mass is 473 g/mol. The van der Waals surface area contributed by atoms with Gasteiger partial charge in [0.1, 0.15) is 15.8 Å². The standard InChI is InChI=1S/C19H14F3NO4S3/c20-19(21,22)14-4-2-1-3-13(14)15-6-5-12(27-15)9-16-17(24)23(18(28)29-16)11-7-8-30(25,26)10-11/h1-6,9,11H,7-8,10H2/b16-9+. The molecule has 0 aliphatic carbocycles. The Bertz CT molecular complexity index is 1170. The molecule has 5 nitrogen and oxygen atoms in total. The van der Waals surface area contributed by atoms with Gasteiger partial charge in [-0.1, -0.05) is 42.2 Å². The number of amides is 1. The van der Waals surface area contributed by atoms with E-state index in [2.05, 4.69) is 0 Å². The van der Waals surface area contributed by atoms with Gasteiger partial charge < -0.3 is 4.42 Å². The highest BCUT2D eigenvalue weighted by molar-refractivity contribution is 8.26. The van der Waals surface area contributed by atoms with Crippen LogP contribution in [0.2, 0.25) is 0 Å². The Morgan fingerprint density at radius 2 is 1.93 bits per heavy atom. The highest BCUT2D eigenvalue weighted by Crippen LogP contribution is 2.39. The summed E-state index contributed by atoms with van der Waals surface area (Å²) in [6.07, 6.45) is -2.81. The summed E-state index contributed by atoms with van der Waals surface area (Å²) in [4.78, 5) is 14.3. The van der Waals surface area contributed by atoms with E-state index in [0.29, 0.717) is 6.42 Å². The van der Waals surface area contributed by atoms with E-state index >= 15 is 0 Å². The maximum absolute atomic E-state index is 13.2. The molecule has 1 aromatic heterocycles. The Kier molecular flexibility index (Phi) is 5.31. The van der Waals surface area contributed by atoms with Crippen molar-refractivity contribution in [2.45, 2.75) is 18.6 Å². The zero-order valence-corrected chi connectivity index (χ0v) is 17.6. The van der Waals surface area contributed by atoms with Crippen LogP contribution in [-0.2, 0) is 20.8 Å². The van der Waals surface area contributed by atoms with E-state index in [0.717, 1.165) is 17.8 Å². The van der Waals surface area contributed by atoms with Gasteiger partial charge in [-0.2, -0.15) is 13.2 Å². The largest absolute Gasteiger partial charge is 0.457 e. The first-order valence-corrected chi connectivity index (χ1v) is 11.8. The summed E-state index contributed by atoms with van der Waals surface area (Å²) < 4.78 is 69.0. The predicted molar refractivity (Wildman–Crippen MR) is 111 cm³/mol. The molecule has 158 valence electrons. The molecule has 2 saturated heterocycles. The average Bonchev–Trinajstić information content (AvgIpc) is 3.33. The van der Waals surface area contributed by atoms with Crippen LogP contribution in [0.5, 0.6) is 0 Å². The number of thiocarbonyl (C=S) groups is 1. The van der Waals surface area contributed by atoms with Gasteiger partial charge in [-0.25, -0.2) is 8.42 Å². The first-order chi connectivity index (χ1) is 14.0. The smallest absolute Gasteiger partial charge is 0.417 e. The molecule has 1 amide bonds. The summed E-state index contributed by atoms with van der Waals surface area (Å²) in [6, 6.07) is 7.43. The molecule has 30 heavy (non-hydrogen) atoms. The maximum Gasteiger partial charge on any atom is 0.417 e. The van der Waals surface area contributed by atoms with Gasteiger partial charge in [-0.3, -0.25) is 9.69 Å². The van der Waals surface area contributed by atoms with Crippen LogP contribution in [0.4, 0.5) is 13.2 Å². The quantitative estimate of drug-likeness (QED) is 0.488. The number of nitrogens with zero attached hydrogens (tertiary/aromatic N) is 1. The van der Waals surface area contributed by atoms with Crippen LogP contribution < -0.4 is 0 Å². The molecule has 2 aromatic rings. The van der Waals surface area contributed by atoms with Crippen molar-refractivity contribution < 1.29 is 30.8 Å². The first-order valence-electron chi connectivity index (χ1n) is 8.79. The molecule has 1 aromatic carbocycles. The topological polar surface area (TPSA) is 67.6 Å². The van der Waals surface area contributed by atoms with Crippen molar-refractivity contribution in [3.05, 3.63) is 52.6 Å². The van der Waals surface area contributed by atoms with Gasteiger partial charge >= 0.3 is 6.18 Å². The van der Waals surface area contributed by atoms with Crippen molar-refractivity contribution in [3.8, 4) is 11.3 Å². The number of alkyl halides is 3. The third-order valence-corrected chi connectivity index (χ3v) is 7.88. The second-order valence-corrected chi connectivity index (χ2v) is 10.8. The number of carbonyl (C=O) groups is 1. The summed E-state index contributed by atoms with van der Waals surface area (Å²) in [7, 11) is -3.19. The van der Waals surface area contributed by atoms with Gasteiger partial charge in [0.2, 0.25) is 0 Å². The molecular weight excluding hydrogens is 459 g/mol. The molecule has 4 rings (SSSR count). The zero-order chi connectivity index (χ0) is 21.7. The first kappa shape index (κ1) is 21.1. The molecule has 0 saturated carbocycles. The van der Waals surface area contributed by atoms with Crippen molar-refractivity contribution in [3.63, 3.8) is 0 Å². The van der Waals surface area contributed by atoms with Crippen LogP contribution in [0.15, 0.2) is 45.7 Å². The minimum Gasteiger partial charge on any atom is -0.457 e. The Labute approximate surface area is 179 Å². The SMILES string of the molecule is O=C1/C(=C\c2ccc(-c3ccccc3C(F)(F)F)o2)SC(=S)N1C1CCS(=O)(=O)C1. The lowest BCUT2D eigenvalue weighted by Crippen LogP contribution is -2.39. The van der Waals surface area contributed by atoms with Gasteiger partial charge in [-0.05, 0) is 24.6 Å². The number of thioether (sulfide) groups is 1. The molecule has 0 spiro atoms.